The zero-order valence-corrected chi connectivity index (χ0v) is 14.3. The van der Waals surface area contributed by atoms with Crippen LogP contribution in [0.25, 0.3) is 0 Å². The van der Waals surface area contributed by atoms with Gasteiger partial charge < -0.3 is 19.9 Å². The largest absolute Gasteiger partial charge is 0.488 e. The number of anilines is 1. The van der Waals surface area contributed by atoms with Crippen LogP contribution in [0.2, 0.25) is 0 Å². The number of carbonyl (C=O) groups is 2. The van der Waals surface area contributed by atoms with Crippen LogP contribution >= 0.6 is 0 Å². The molecule has 6 nitrogen and oxygen atoms in total. The second kappa shape index (κ2) is 8.49. The summed E-state index contributed by atoms with van der Waals surface area (Å²) in [5.41, 5.74) is 1.88. The number of hydrogen-bond acceptors (Lipinski definition) is 4. The summed E-state index contributed by atoms with van der Waals surface area (Å²) in [6.07, 6.45) is 1.87. The van der Waals surface area contributed by atoms with Crippen molar-refractivity contribution in [3.63, 3.8) is 0 Å². The molecule has 136 valence electrons. The van der Waals surface area contributed by atoms with Crippen molar-refractivity contribution in [1.29, 1.82) is 0 Å². The predicted octanol–water partition coefficient (Wildman–Crippen LogP) is 3.12. The molecular formula is C20H21NO5. The van der Waals surface area contributed by atoms with Crippen molar-refractivity contribution in [1.82, 2.24) is 0 Å². The summed E-state index contributed by atoms with van der Waals surface area (Å²) in [5, 5.41) is 11.7. The van der Waals surface area contributed by atoms with Crippen LogP contribution < -0.4 is 10.1 Å². The van der Waals surface area contributed by atoms with Gasteiger partial charge >= 0.3 is 5.97 Å². The smallest absolute Gasteiger partial charge is 0.335 e. The lowest BCUT2D eigenvalue weighted by molar-refractivity contribution is -0.116. The number of carboxylic acid groups (broad SMARTS) is 1. The van der Waals surface area contributed by atoms with Gasteiger partial charge in [-0.05, 0) is 48.4 Å². The molecule has 0 aromatic heterocycles. The number of aromatic carboxylic acids is 1. The standard InChI is InChI=1S/C20H21NO5/c22-19(10-3-14-1-4-15(5-2-14)20(23)24)21-16-6-8-17(9-7-16)26-18-11-12-25-13-18/h1-2,4-9,18H,3,10-13H2,(H,21,22)(H,23,24). The lowest BCUT2D eigenvalue weighted by Crippen LogP contribution is -2.16. The van der Waals surface area contributed by atoms with E-state index in [0.29, 0.717) is 25.1 Å². The molecule has 3 rings (SSSR count). The molecule has 1 aliphatic rings. The first kappa shape index (κ1) is 17.9. The van der Waals surface area contributed by atoms with Gasteiger partial charge in [-0.1, -0.05) is 12.1 Å². The minimum absolute atomic E-state index is 0.0924. The van der Waals surface area contributed by atoms with Crippen LogP contribution in [0.4, 0.5) is 5.69 Å². The molecule has 2 N–H and O–H groups in total. The van der Waals surface area contributed by atoms with E-state index in [1.165, 1.54) is 0 Å². The van der Waals surface area contributed by atoms with Crippen LogP contribution in [0.5, 0.6) is 5.75 Å². The first-order valence-electron chi connectivity index (χ1n) is 8.57. The van der Waals surface area contributed by atoms with Crippen molar-refractivity contribution in [3.8, 4) is 5.75 Å². The van der Waals surface area contributed by atoms with E-state index in [2.05, 4.69) is 5.32 Å². The van der Waals surface area contributed by atoms with Crippen LogP contribution in [0.1, 0.15) is 28.8 Å². The number of rotatable bonds is 7. The zero-order chi connectivity index (χ0) is 18.4. The SMILES string of the molecule is O=C(CCc1ccc(C(=O)O)cc1)Nc1ccc(OC2CCOC2)cc1. The molecule has 2 aromatic carbocycles. The lowest BCUT2D eigenvalue weighted by atomic mass is 10.1. The topological polar surface area (TPSA) is 84.9 Å². The van der Waals surface area contributed by atoms with Crippen LogP contribution in [0.15, 0.2) is 48.5 Å². The Morgan fingerprint density at radius 2 is 1.85 bits per heavy atom. The number of amides is 1. The van der Waals surface area contributed by atoms with E-state index in [-0.39, 0.29) is 17.6 Å². The Kier molecular flexibility index (Phi) is 5.86. The van der Waals surface area contributed by atoms with E-state index >= 15 is 0 Å². The summed E-state index contributed by atoms with van der Waals surface area (Å²) >= 11 is 0. The highest BCUT2D eigenvalue weighted by atomic mass is 16.5. The van der Waals surface area contributed by atoms with E-state index in [4.69, 9.17) is 14.6 Å². The van der Waals surface area contributed by atoms with Gasteiger partial charge in [0.2, 0.25) is 5.91 Å². The van der Waals surface area contributed by atoms with Crippen molar-refractivity contribution in [2.45, 2.75) is 25.4 Å². The molecule has 0 bridgehead atoms. The van der Waals surface area contributed by atoms with Gasteiger partial charge in [0.25, 0.3) is 0 Å². The number of hydrogen-bond donors (Lipinski definition) is 2. The highest BCUT2D eigenvalue weighted by molar-refractivity contribution is 5.91. The van der Waals surface area contributed by atoms with Gasteiger partial charge in [-0.15, -0.1) is 0 Å². The Labute approximate surface area is 151 Å². The Balaban J connectivity index is 1.45. The van der Waals surface area contributed by atoms with E-state index < -0.39 is 5.97 Å². The fourth-order valence-electron chi connectivity index (χ4n) is 2.71. The molecule has 1 fully saturated rings. The second-order valence-electron chi connectivity index (χ2n) is 6.18. The molecule has 2 aromatic rings. The van der Waals surface area contributed by atoms with Crippen LogP contribution in [0, 0.1) is 0 Å². The number of ether oxygens (including phenoxy) is 2. The summed E-state index contributed by atoms with van der Waals surface area (Å²) in [6.45, 7) is 1.35. The minimum Gasteiger partial charge on any atom is -0.488 e. The summed E-state index contributed by atoms with van der Waals surface area (Å²) < 4.78 is 11.1. The van der Waals surface area contributed by atoms with Crippen molar-refractivity contribution < 1.29 is 24.2 Å². The molecule has 1 atom stereocenters. The van der Waals surface area contributed by atoms with Crippen molar-refractivity contribution in [2.75, 3.05) is 18.5 Å². The third-order valence-electron chi connectivity index (χ3n) is 4.17. The molecule has 1 heterocycles. The minimum atomic E-state index is -0.956. The van der Waals surface area contributed by atoms with E-state index in [0.717, 1.165) is 24.3 Å². The predicted molar refractivity (Wildman–Crippen MR) is 96.6 cm³/mol. The normalized spacial score (nSPS) is 16.2. The maximum atomic E-state index is 12.1. The molecule has 6 heteroatoms. The van der Waals surface area contributed by atoms with Crippen LogP contribution in [-0.4, -0.2) is 36.3 Å². The summed E-state index contributed by atoms with van der Waals surface area (Å²) in [5.74, 6) is -0.288. The van der Waals surface area contributed by atoms with Gasteiger partial charge in [-0.3, -0.25) is 4.79 Å². The highest BCUT2D eigenvalue weighted by Gasteiger charge is 2.17. The van der Waals surface area contributed by atoms with Crippen molar-refractivity contribution >= 4 is 17.6 Å². The fourth-order valence-corrected chi connectivity index (χ4v) is 2.71. The Bertz CT molecular complexity index is 749. The summed E-state index contributed by atoms with van der Waals surface area (Å²) in [7, 11) is 0. The molecule has 26 heavy (non-hydrogen) atoms. The number of benzene rings is 2. The maximum Gasteiger partial charge on any atom is 0.335 e. The molecule has 1 aliphatic heterocycles. The van der Waals surface area contributed by atoms with Crippen molar-refractivity contribution in [3.05, 3.63) is 59.7 Å². The lowest BCUT2D eigenvalue weighted by Gasteiger charge is -2.12. The number of nitrogens with one attached hydrogen (secondary N) is 1. The van der Waals surface area contributed by atoms with Gasteiger partial charge in [0.1, 0.15) is 11.9 Å². The van der Waals surface area contributed by atoms with Gasteiger partial charge in [0.05, 0.1) is 18.8 Å². The molecule has 1 amide bonds. The van der Waals surface area contributed by atoms with Gasteiger partial charge in [0, 0.05) is 18.5 Å². The van der Waals surface area contributed by atoms with E-state index in [1.807, 2.05) is 24.3 Å². The first-order chi connectivity index (χ1) is 12.6. The average molecular weight is 355 g/mol. The highest BCUT2D eigenvalue weighted by Crippen LogP contribution is 2.20. The molecule has 0 radical (unpaired) electrons. The van der Waals surface area contributed by atoms with Crippen LogP contribution in [-0.2, 0) is 16.0 Å². The molecular weight excluding hydrogens is 334 g/mol. The third kappa shape index (κ3) is 5.07. The third-order valence-corrected chi connectivity index (χ3v) is 4.17. The fraction of sp³-hybridized carbons (Fsp3) is 0.300. The molecule has 0 aliphatic carbocycles. The molecule has 1 saturated heterocycles. The van der Waals surface area contributed by atoms with Crippen molar-refractivity contribution in [2.24, 2.45) is 0 Å². The number of carbonyl (C=O) groups excluding carboxylic acids is 1. The Morgan fingerprint density at radius 3 is 2.46 bits per heavy atom. The van der Waals surface area contributed by atoms with Gasteiger partial charge in [-0.25, -0.2) is 4.79 Å². The Hall–Kier alpha value is -2.86. The Morgan fingerprint density at radius 1 is 1.12 bits per heavy atom. The molecule has 0 spiro atoms. The molecule has 0 saturated carbocycles. The van der Waals surface area contributed by atoms with Crippen LogP contribution in [0.3, 0.4) is 0 Å². The quantitative estimate of drug-likeness (QED) is 0.797. The average Bonchev–Trinajstić information content (AvgIpc) is 3.15. The van der Waals surface area contributed by atoms with Gasteiger partial charge in [-0.2, -0.15) is 0 Å². The maximum absolute atomic E-state index is 12.1. The zero-order valence-electron chi connectivity index (χ0n) is 14.3. The molecule has 1 unspecified atom stereocenters. The van der Waals surface area contributed by atoms with Gasteiger partial charge in [0.15, 0.2) is 0 Å². The second-order valence-corrected chi connectivity index (χ2v) is 6.18. The number of aryl methyl sites for hydroxylation is 1. The monoisotopic (exact) mass is 355 g/mol. The number of carboxylic acids is 1. The van der Waals surface area contributed by atoms with E-state index in [9.17, 15) is 9.59 Å². The van der Waals surface area contributed by atoms with E-state index in [1.54, 1.807) is 24.3 Å². The first-order valence-corrected chi connectivity index (χ1v) is 8.57. The summed E-state index contributed by atoms with van der Waals surface area (Å²) in [4.78, 5) is 22.9. The summed E-state index contributed by atoms with van der Waals surface area (Å²) in [6, 6.07) is 13.8.